The van der Waals surface area contributed by atoms with Crippen LogP contribution >= 0.6 is 11.6 Å². The number of hydrogen-bond donors (Lipinski definition) is 0. The van der Waals surface area contributed by atoms with Crippen molar-refractivity contribution in [3.63, 3.8) is 0 Å². The number of nitrogens with zero attached hydrogens (tertiary/aromatic N) is 1. The lowest BCUT2D eigenvalue weighted by Crippen LogP contribution is -2.39. The summed E-state index contributed by atoms with van der Waals surface area (Å²) in [6.07, 6.45) is -1.14. The van der Waals surface area contributed by atoms with E-state index in [1.807, 2.05) is 0 Å². The molecule has 1 aromatic rings. The minimum atomic E-state index is -4.61. The van der Waals surface area contributed by atoms with Crippen LogP contribution in [0.4, 0.5) is 18.9 Å². The number of carbonyl (C=O) groups is 2. The molecule has 2 saturated heterocycles. The number of hydrogen-bond acceptors (Lipinski definition) is 3. The lowest BCUT2D eigenvalue weighted by molar-refractivity contribution is -0.138. The maximum atomic E-state index is 13.0. The average Bonchev–Trinajstić information content (AvgIpc) is 3.04. The molecule has 3 aliphatic heterocycles. The molecule has 4 rings (SSSR count). The first-order valence-corrected chi connectivity index (χ1v) is 8.01. The molecular weight excluding hydrogens is 359 g/mol. The van der Waals surface area contributed by atoms with Gasteiger partial charge in [-0.2, -0.15) is 13.2 Å². The van der Waals surface area contributed by atoms with E-state index in [4.69, 9.17) is 16.3 Å². The second kappa shape index (κ2) is 4.65. The number of alkyl halides is 3. The Bertz CT molecular complexity index is 816. The third-order valence-corrected chi connectivity index (χ3v) is 5.56. The van der Waals surface area contributed by atoms with Crippen LogP contribution in [0.2, 0.25) is 5.02 Å². The van der Waals surface area contributed by atoms with Gasteiger partial charge in [-0.25, -0.2) is 4.90 Å². The van der Waals surface area contributed by atoms with Gasteiger partial charge in [-0.1, -0.05) is 23.8 Å². The molecule has 0 N–H and O–H groups in total. The van der Waals surface area contributed by atoms with Gasteiger partial charge in [0.05, 0.1) is 39.3 Å². The van der Waals surface area contributed by atoms with Gasteiger partial charge in [0.2, 0.25) is 11.8 Å². The molecule has 0 radical (unpaired) electrons. The first-order chi connectivity index (χ1) is 11.5. The number of rotatable bonds is 1. The highest BCUT2D eigenvalue weighted by Crippen LogP contribution is 2.58. The fourth-order valence-electron chi connectivity index (χ4n) is 4.13. The van der Waals surface area contributed by atoms with E-state index in [0.29, 0.717) is 0 Å². The smallest absolute Gasteiger partial charge is 0.359 e. The number of fused-ring (bicyclic) bond motifs is 5. The first-order valence-electron chi connectivity index (χ1n) is 7.63. The van der Waals surface area contributed by atoms with Gasteiger partial charge in [-0.3, -0.25) is 9.59 Å². The highest BCUT2D eigenvalue weighted by atomic mass is 35.5. The minimum absolute atomic E-state index is 0.0915. The molecule has 3 aliphatic rings. The summed E-state index contributed by atoms with van der Waals surface area (Å²) in [4.78, 5) is 26.6. The Morgan fingerprint density at radius 1 is 1.08 bits per heavy atom. The molecule has 0 saturated carbocycles. The van der Waals surface area contributed by atoms with Gasteiger partial charge in [-0.15, -0.1) is 0 Å². The van der Waals surface area contributed by atoms with E-state index in [-0.39, 0.29) is 10.7 Å². The van der Waals surface area contributed by atoms with E-state index in [1.165, 1.54) is 0 Å². The second-order valence-electron chi connectivity index (χ2n) is 6.93. The number of carbonyl (C=O) groups excluding carboxylic acids is 2. The molecule has 0 unspecified atom stereocenters. The summed E-state index contributed by atoms with van der Waals surface area (Å²) in [7, 11) is 0. The molecule has 2 fully saturated rings. The van der Waals surface area contributed by atoms with Gasteiger partial charge in [0.1, 0.15) is 0 Å². The van der Waals surface area contributed by atoms with Crippen molar-refractivity contribution in [2.75, 3.05) is 4.90 Å². The molecule has 0 aliphatic carbocycles. The van der Waals surface area contributed by atoms with Crippen LogP contribution in [0.25, 0.3) is 0 Å². The van der Waals surface area contributed by atoms with Crippen LogP contribution in [0.15, 0.2) is 30.4 Å². The maximum absolute atomic E-state index is 13.0. The molecule has 1 aromatic carbocycles. The molecule has 4 nitrogen and oxygen atoms in total. The molecule has 132 valence electrons. The normalized spacial score (nSPS) is 36.5. The summed E-state index contributed by atoms with van der Waals surface area (Å²) in [6.45, 7) is 3.39. The van der Waals surface area contributed by atoms with Crippen LogP contribution in [-0.2, 0) is 20.5 Å². The van der Waals surface area contributed by atoms with Crippen molar-refractivity contribution in [2.45, 2.75) is 31.2 Å². The van der Waals surface area contributed by atoms with Gasteiger partial charge in [0.25, 0.3) is 0 Å². The topological polar surface area (TPSA) is 46.6 Å². The van der Waals surface area contributed by atoms with Crippen molar-refractivity contribution in [3.05, 3.63) is 40.9 Å². The molecule has 0 aromatic heterocycles. The van der Waals surface area contributed by atoms with Crippen LogP contribution in [-0.4, -0.2) is 23.0 Å². The third kappa shape index (κ3) is 2.05. The minimum Gasteiger partial charge on any atom is -0.359 e. The Hall–Kier alpha value is -1.86. The summed E-state index contributed by atoms with van der Waals surface area (Å²) in [5, 5.41) is -0.0915. The Labute approximate surface area is 146 Å². The van der Waals surface area contributed by atoms with Crippen LogP contribution in [0.3, 0.4) is 0 Å². The maximum Gasteiger partial charge on any atom is 0.416 e. The number of benzene rings is 1. The van der Waals surface area contributed by atoms with Crippen molar-refractivity contribution in [1.29, 1.82) is 0 Å². The Morgan fingerprint density at radius 3 is 2.08 bits per heavy atom. The SMILES string of the molecule is C[C@]12C=C[C@](C)(O1)[C@H]1C(=O)N(c3cc(C(F)(F)F)ccc3Cl)C(=O)[C@H]12. The molecule has 25 heavy (non-hydrogen) atoms. The molecule has 0 spiro atoms. The Morgan fingerprint density at radius 2 is 1.60 bits per heavy atom. The summed E-state index contributed by atoms with van der Waals surface area (Å²) < 4.78 is 44.9. The second-order valence-corrected chi connectivity index (χ2v) is 7.34. The predicted molar refractivity (Wildman–Crippen MR) is 83.0 cm³/mol. The van der Waals surface area contributed by atoms with Crippen molar-refractivity contribution in [3.8, 4) is 0 Å². The summed E-state index contributed by atoms with van der Waals surface area (Å²) >= 11 is 6.01. The molecule has 2 bridgehead atoms. The van der Waals surface area contributed by atoms with Crippen LogP contribution in [0.1, 0.15) is 19.4 Å². The van der Waals surface area contributed by atoms with Crippen molar-refractivity contribution in [1.82, 2.24) is 0 Å². The molecular formula is C17H13ClF3NO3. The number of imide groups is 1. The highest BCUT2D eigenvalue weighted by Gasteiger charge is 2.70. The van der Waals surface area contributed by atoms with Gasteiger partial charge >= 0.3 is 6.18 Å². The Balaban J connectivity index is 1.82. The molecule has 2 amide bonds. The van der Waals surface area contributed by atoms with Gasteiger partial charge in [0, 0.05) is 0 Å². The lowest BCUT2D eigenvalue weighted by atomic mass is 9.73. The van der Waals surface area contributed by atoms with Gasteiger partial charge < -0.3 is 4.74 Å². The molecule has 8 heteroatoms. The van der Waals surface area contributed by atoms with E-state index in [2.05, 4.69) is 0 Å². The molecule has 4 atom stereocenters. The third-order valence-electron chi connectivity index (χ3n) is 5.24. The predicted octanol–water partition coefficient (Wildman–Crippen LogP) is 3.58. The summed E-state index contributed by atoms with van der Waals surface area (Å²) in [5.41, 5.74) is -3.11. The van der Waals surface area contributed by atoms with E-state index in [0.717, 1.165) is 23.1 Å². The number of halogens is 4. The first kappa shape index (κ1) is 16.6. The Kier molecular flexibility index (Phi) is 3.09. The number of amides is 2. The van der Waals surface area contributed by atoms with Crippen LogP contribution < -0.4 is 4.90 Å². The van der Waals surface area contributed by atoms with E-state index < -0.39 is 46.6 Å². The summed E-state index contributed by atoms with van der Waals surface area (Å²) in [6, 6.07) is 2.59. The van der Waals surface area contributed by atoms with Crippen LogP contribution in [0.5, 0.6) is 0 Å². The quantitative estimate of drug-likeness (QED) is 0.560. The van der Waals surface area contributed by atoms with Crippen molar-refractivity contribution >= 4 is 29.1 Å². The van der Waals surface area contributed by atoms with Gasteiger partial charge in [0.15, 0.2) is 0 Å². The molecule has 3 heterocycles. The van der Waals surface area contributed by atoms with Gasteiger partial charge in [-0.05, 0) is 32.0 Å². The summed E-state index contributed by atoms with van der Waals surface area (Å²) in [5.74, 6) is -2.74. The lowest BCUT2D eigenvalue weighted by Gasteiger charge is -2.26. The zero-order valence-corrected chi connectivity index (χ0v) is 14.0. The van der Waals surface area contributed by atoms with Crippen molar-refractivity contribution in [2.24, 2.45) is 11.8 Å². The van der Waals surface area contributed by atoms with E-state index >= 15 is 0 Å². The van der Waals surface area contributed by atoms with E-state index in [9.17, 15) is 22.8 Å². The van der Waals surface area contributed by atoms with Crippen LogP contribution in [0, 0.1) is 11.8 Å². The zero-order chi connectivity index (χ0) is 18.4. The van der Waals surface area contributed by atoms with Crippen molar-refractivity contribution < 1.29 is 27.5 Å². The monoisotopic (exact) mass is 371 g/mol. The largest absolute Gasteiger partial charge is 0.416 e. The average molecular weight is 372 g/mol. The number of ether oxygens (including phenoxy) is 1. The zero-order valence-electron chi connectivity index (χ0n) is 13.2. The number of anilines is 1. The standard InChI is InChI=1S/C17H13ClF3NO3/c1-15-5-6-16(2,25-15)12-11(15)13(23)22(14(12)24)10-7-8(17(19,20)21)3-4-9(10)18/h3-7,11-12H,1-2H3/t11-,12+,15+,16-. The highest BCUT2D eigenvalue weighted by molar-refractivity contribution is 6.36. The fourth-order valence-corrected chi connectivity index (χ4v) is 4.33. The fraction of sp³-hybridized carbons (Fsp3) is 0.412. The van der Waals surface area contributed by atoms with E-state index in [1.54, 1.807) is 26.0 Å².